The quantitative estimate of drug-likeness (QED) is 0.737. The van der Waals surface area contributed by atoms with Crippen molar-refractivity contribution in [3.8, 4) is 11.1 Å². The van der Waals surface area contributed by atoms with E-state index >= 15 is 0 Å². The van der Waals surface area contributed by atoms with Gasteiger partial charge in [-0.2, -0.15) is 5.10 Å². The highest BCUT2D eigenvalue weighted by Crippen LogP contribution is 2.25. The average Bonchev–Trinajstić information content (AvgIpc) is 2.89. The number of hydrogen-bond acceptors (Lipinski definition) is 4. The van der Waals surface area contributed by atoms with Crippen molar-refractivity contribution in [1.29, 1.82) is 0 Å². The molecule has 1 aliphatic heterocycles. The number of aromatic amines is 1. The summed E-state index contributed by atoms with van der Waals surface area (Å²) in [5.74, 6) is 0. The standard InChI is InChI=1S/C20H22N4O/c25-14-20-18-10-16(5-6-19(18)22-23-20)17-9-15(11-21-12-17)13-24-7-3-1-2-4-8-24/h5-6,9-12,14H,1-4,7-8,13H2,(H,22,23). The van der Waals surface area contributed by atoms with Gasteiger partial charge in [-0.25, -0.2) is 0 Å². The number of aromatic nitrogens is 3. The second kappa shape index (κ2) is 7.15. The van der Waals surface area contributed by atoms with E-state index in [-0.39, 0.29) is 0 Å². The fourth-order valence-corrected chi connectivity index (χ4v) is 3.58. The van der Waals surface area contributed by atoms with Crippen molar-refractivity contribution >= 4 is 17.2 Å². The summed E-state index contributed by atoms with van der Waals surface area (Å²) in [5.41, 5.74) is 4.70. The van der Waals surface area contributed by atoms with Crippen molar-refractivity contribution in [2.45, 2.75) is 32.2 Å². The lowest BCUT2D eigenvalue weighted by molar-refractivity contribution is 0.112. The SMILES string of the molecule is O=Cc1[nH]nc2ccc(-c3cncc(CN4CCCCCC4)c3)cc12. The predicted octanol–water partition coefficient (Wildman–Crippen LogP) is 3.81. The van der Waals surface area contributed by atoms with E-state index < -0.39 is 0 Å². The summed E-state index contributed by atoms with van der Waals surface area (Å²) in [7, 11) is 0. The van der Waals surface area contributed by atoms with Crippen molar-refractivity contribution in [2.75, 3.05) is 13.1 Å². The van der Waals surface area contributed by atoms with Crippen molar-refractivity contribution in [3.63, 3.8) is 0 Å². The molecular weight excluding hydrogens is 312 g/mol. The van der Waals surface area contributed by atoms with Crippen LogP contribution in [-0.2, 0) is 6.54 Å². The molecule has 0 spiro atoms. The Labute approximate surface area is 147 Å². The second-order valence-corrected chi connectivity index (χ2v) is 6.76. The Bertz CT molecular complexity index is 878. The van der Waals surface area contributed by atoms with Crippen LogP contribution in [0, 0.1) is 0 Å². The van der Waals surface area contributed by atoms with Crippen LogP contribution in [-0.4, -0.2) is 39.5 Å². The molecule has 1 saturated heterocycles. The Balaban J connectivity index is 1.61. The van der Waals surface area contributed by atoms with Gasteiger partial charge in [0.25, 0.3) is 0 Å². The van der Waals surface area contributed by atoms with Crippen LogP contribution in [0.2, 0.25) is 0 Å². The number of fused-ring (bicyclic) bond motifs is 1. The minimum absolute atomic E-state index is 0.519. The minimum Gasteiger partial charge on any atom is -0.299 e. The van der Waals surface area contributed by atoms with E-state index in [0.29, 0.717) is 5.69 Å². The highest BCUT2D eigenvalue weighted by Gasteiger charge is 2.11. The lowest BCUT2D eigenvalue weighted by atomic mass is 10.0. The van der Waals surface area contributed by atoms with E-state index in [0.717, 1.165) is 34.9 Å². The molecule has 1 fully saturated rings. The average molecular weight is 334 g/mol. The zero-order valence-corrected chi connectivity index (χ0v) is 14.2. The number of likely N-dealkylation sites (tertiary alicyclic amines) is 1. The highest BCUT2D eigenvalue weighted by atomic mass is 16.1. The summed E-state index contributed by atoms with van der Waals surface area (Å²) in [5, 5.41) is 7.77. The van der Waals surface area contributed by atoms with E-state index in [9.17, 15) is 4.79 Å². The number of pyridine rings is 1. The summed E-state index contributed by atoms with van der Waals surface area (Å²) < 4.78 is 0. The first kappa shape index (κ1) is 16.0. The van der Waals surface area contributed by atoms with Crippen molar-refractivity contribution in [2.24, 2.45) is 0 Å². The molecule has 25 heavy (non-hydrogen) atoms. The molecule has 1 aromatic carbocycles. The van der Waals surface area contributed by atoms with E-state index in [2.05, 4.69) is 26.1 Å². The molecule has 128 valence electrons. The maximum Gasteiger partial charge on any atom is 0.168 e. The van der Waals surface area contributed by atoms with Gasteiger partial charge in [0.2, 0.25) is 0 Å². The third kappa shape index (κ3) is 3.46. The van der Waals surface area contributed by atoms with Gasteiger partial charge in [-0.05, 0) is 55.3 Å². The molecule has 1 N–H and O–H groups in total. The number of aldehydes is 1. The van der Waals surface area contributed by atoms with E-state index in [1.165, 1.54) is 44.3 Å². The minimum atomic E-state index is 0.519. The van der Waals surface area contributed by atoms with Gasteiger partial charge >= 0.3 is 0 Å². The molecule has 0 saturated carbocycles. The lowest BCUT2D eigenvalue weighted by Crippen LogP contribution is -2.24. The molecule has 3 aromatic rings. The van der Waals surface area contributed by atoms with Crippen LogP contribution < -0.4 is 0 Å². The van der Waals surface area contributed by atoms with Crippen molar-refractivity contribution < 1.29 is 4.79 Å². The number of nitrogens with zero attached hydrogens (tertiary/aromatic N) is 3. The Morgan fingerprint density at radius 3 is 2.68 bits per heavy atom. The number of rotatable bonds is 4. The molecular formula is C20H22N4O. The number of hydrogen-bond donors (Lipinski definition) is 1. The normalized spacial score (nSPS) is 16.0. The van der Waals surface area contributed by atoms with Gasteiger partial charge in [-0.1, -0.05) is 18.9 Å². The highest BCUT2D eigenvalue weighted by molar-refractivity contribution is 5.96. The summed E-state index contributed by atoms with van der Waals surface area (Å²) in [4.78, 5) is 18.1. The molecule has 0 bridgehead atoms. The van der Waals surface area contributed by atoms with E-state index in [1.807, 2.05) is 30.6 Å². The van der Waals surface area contributed by atoms with E-state index in [1.54, 1.807) is 0 Å². The smallest absolute Gasteiger partial charge is 0.168 e. The van der Waals surface area contributed by atoms with Crippen LogP contribution in [0.4, 0.5) is 0 Å². The van der Waals surface area contributed by atoms with Gasteiger partial charge in [0.15, 0.2) is 6.29 Å². The summed E-state index contributed by atoms with van der Waals surface area (Å²) >= 11 is 0. The number of benzene rings is 1. The summed E-state index contributed by atoms with van der Waals surface area (Å²) in [6.45, 7) is 3.30. The zero-order valence-electron chi connectivity index (χ0n) is 14.2. The number of carbonyl (C=O) groups excluding carboxylic acids is 1. The predicted molar refractivity (Wildman–Crippen MR) is 98.5 cm³/mol. The second-order valence-electron chi connectivity index (χ2n) is 6.76. The molecule has 0 aliphatic carbocycles. The molecule has 2 aromatic heterocycles. The Morgan fingerprint density at radius 1 is 1.04 bits per heavy atom. The van der Waals surface area contributed by atoms with Gasteiger partial charge in [0.1, 0.15) is 5.69 Å². The van der Waals surface area contributed by atoms with Crippen LogP contribution in [0.1, 0.15) is 41.7 Å². The third-order valence-electron chi connectivity index (χ3n) is 4.93. The van der Waals surface area contributed by atoms with Crippen molar-refractivity contribution in [1.82, 2.24) is 20.1 Å². The molecule has 4 rings (SSSR count). The largest absolute Gasteiger partial charge is 0.299 e. The molecule has 1 aliphatic rings. The molecule has 3 heterocycles. The fourth-order valence-electron chi connectivity index (χ4n) is 3.58. The van der Waals surface area contributed by atoms with Crippen LogP contribution in [0.25, 0.3) is 22.0 Å². The Kier molecular flexibility index (Phi) is 4.57. The van der Waals surface area contributed by atoms with Crippen LogP contribution in [0.3, 0.4) is 0 Å². The van der Waals surface area contributed by atoms with Gasteiger partial charge in [-0.3, -0.25) is 19.8 Å². The van der Waals surface area contributed by atoms with Crippen molar-refractivity contribution in [3.05, 3.63) is 47.9 Å². The third-order valence-corrected chi connectivity index (χ3v) is 4.93. The first-order valence-electron chi connectivity index (χ1n) is 8.93. The maximum atomic E-state index is 11.1. The maximum absolute atomic E-state index is 11.1. The van der Waals surface area contributed by atoms with Crippen LogP contribution >= 0.6 is 0 Å². The van der Waals surface area contributed by atoms with E-state index in [4.69, 9.17) is 0 Å². The Hall–Kier alpha value is -2.53. The molecule has 0 amide bonds. The van der Waals surface area contributed by atoms with Gasteiger partial charge in [-0.15, -0.1) is 0 Å². The molecule has 5 heteroatoms. The first-order valence-corrected chi connectivity index (χ1v) is 8.93. The first-order chi connectivity index (χ1) is 12.3. The monoisotopic (exact) mass is 334 g/mol. The molecule has 5 nitrogen and oxygen atoms in total. The molecule has 0 atom stereocenters. The van der Waals surface area contributed by atoms with Gasteiger partial charge in [0, 0.05) is 29.9 Å². The number of carbonyl (C=O) groups is 1. The summed E-state index contributed by atoms with van der Waals surface area (Å²) in [6.07, 6.45) is 9.93. The fraction of sp³-hybridized carbons (Fsp3) is 0.350. The van der Waals surface area contributed by atoms with Crippen LogP contribution in [0.5, 0.6) is 0 Å². The van der Waals surface area contributed by atoms with Gasteiger partial charge < -0.3 is 0 Å². The molecule has 0 radical (unpaired) electrons. The van der Waals surface area contributed by atoms with Crippen LogP contribution in [0.15, 0.2) is 36.7 Å². The summed E-state index contributed by atoms with van der Waals surface area (Å²) in [6, 6.07) is 8.19. The lowest BCUT2D eigenvalue weighted by Gasteiger charge is -2.19. The number of nitrogens with one attached hydrogen (secondary N) is 1. The molecule has 0 unspecified atom stereocenters. The Morgan fingerprint density at radius 2 is 1.88 bits per heavy atom. The topological polar surface area (TPSA) is 61.9 Å². The number of H-pyrrole nitrogens is 1. The van der Waals surface area contributed by atoms with Gasteiger partial charge in [0.05, 0.1) is 5.52 Å². The zero-order chi connectivity index (χ0) is 17.1.